The van der Waals surface area contributed by atoms with E-state index in [-0.39, 0.29) is 35.2 Å². The van der Waals surface area contributed by atoms with Crippen LogP contribution in [0.3, 0.4) is 0 Å². The number of esters is 1. The standard InChI is InChI=1S/C40H41F2N3O5S/c1-24(2)38(47)43-28-15-13-27(14-16-28)37-31(22-44(4)21-26-9-6-5-7-10-26)35-36(46)34(40(48)50-29-17-19-49-20-18-29)25(3)45(39(35)51-37)23-30-32(41)11-8-12-33(30)42/h5-16,24,29H,17-23H2,1-4H3,(H,43,47). The summed E-state index contributed by atoms with van der Waals surface area (Å²) in [5, 5.41) is 3.21. The monoisotopic (exact) mass is 713 g/mol. The van der Waals surface area contributed by atoms with Crippen LogP contribution in [0.25, 0.3) is 20.7 Å². The number of rotatable bonds is 11. The van der Waals surface area contributed by atoms with Crippen molar-refractivity contribution >= 4 is 39.1 Å². The largest absolute Gasteiger partial charge is 0.458 e. The first-order chi connectivity index (χ1) is 24.5. The molecule has 1 aliphatic heterocycles. The first-order valence-electron chi connectivity index (χ1n) is 17.1. The summed E-state index contributed by atoms with van der Waals surface area (Å²) in [6, 6.07) is 21.0. The number of pyridine rings is 1. The molecular weight excluding hydrogens is 673 g/mol. The lowest BCUT2D eigenvalue weighted by atomic mass is 10.0. The molecule has 3 heterocycles. The number of nitrogens with zero attached hydrogens (tertiary/aromatic N) is 2. The molecule has 8 nitrogen and oxygen atoms in total. The predicted molar refractivity (Wildman–Crippen MR) is 196 cm³/mol. The van der Waals surface area contributed by atoms with Gasteiger partial charge in [0, 0.05) is 53.7 Å². The van der Waals surface area contributed by atoms with Crippen LogP contribution < -0.4 is 10.7 Å². The highest BCUT2D eigenvalue weighted by atomic mass is 32.1. The minimum absolute atomic E-state index is 0.110. The number of amides is 1. The summed E-state index contributed by atoms with van der Waals surface area (Å²) in [5.41, 5.74) is 2.60. The molecule has 0 saturated carbocycles. The van der Waals surface area contributed by atoms with E-state index in [2.05, 4.69) is 10.2 Å². The fraction of sp³-hybridized carbons (Fsp3) is 0.325. The number of anilines is 1. The molecule has 6 rings (SSSR count). The number of nitrogens with one attached hydrogen (secondary N) is 1. The smallest absolute Gasteiger partial charge is 0.344 e. The molecule has 1 saturated heterocycles. The van der Waals surface area contributed by atoms with Gasteiger partial charge in [0.15, 0.2) is 0 Å². The van der Waals surface area contributed by atoms with Crippen molar-refractivity contribution < 1.29 is 27.8 Å². The molecule has 0 unspecified atom stereocenters. The second-order valence-corrected chi connectivity index (χ2v) is 14.3. The second-order valence-electron chi connectivity index (χ2n) is 13.3. The van der Waals surface area contributed by atoms with Crippen LogP contribution in [0, 0.1) is 24.5 Å². The maximum Gasteiger partial charge on any atom is 0.344 e. The Hall–Kier alpha value is -4.71. The molecule has 5 aromatic rings. The van der Waals surface area contributed by atoms with E-state index in [1.54, 1.807) is 23.6 Å². The zero-order chi connectivity index (χ0) is 36.2. The second kappa shape index (κ2) is 15.7. The number of fused-ring (bicyclic) bond motifs is 1. The fourth-order valence-electron chi connectivity index (χ4n) is 6.33. The molecule has 266 valence electrons. The summed E-state index contributed by atoms with van der Waals surface area (Å²) in [6.45, 7) is 6.80. The fourth-order valence-corrected chi connectivity index (χ4v) is 7.69. The van der Waals surface area contributed by atoms with Gasteiger partial charge in [0.25, 0.3) is 0 Å². The Morgan fingerprint density at radius 3 is 2.27 bits per heavy atom. The maximum atomic E-state index is 15.2. The molecule has 1 fully saturated rings. The van der Waals surface area contributed by atoms with Gasteiger partial charge >= 0.3 is 5.97 Å². The van der Waals surface area contributed by atoms with Crippen molar-refractivity contribution in [3.8, 4) is 10.4 Å². The Kier molecular flexibility index (Phi) is 11.1. The SMILES string of the molecule is Cc1c(C(=O)OC2CCOCC2)c(=O)c2c(CN(C)Cc3ccccc3)c(-c3ccc(NC(=O)C(C)C)cc3)sc2n1Cc1c(F)cccc1F. The van der Waals surface area contributed by atoms with E-state index in [4.69, 9.17) is 9.47 Å². The quantitative estimate of drug-likeness (QED) is 0.140. The first kappa shape index (κ1) is 36.1. The van der Waals surface area contributed by atoms with Gasteiger partial charge in [-0.25, -0.2) is 13.6 Å². The van der Waals surface area contributed by atoms with Crippen LogP contribution in [0.5, 0.6) is 0 Å². The van der Waals surface area contributed by atoms with E-state index >= 15 is 8.78 Å². The molecule has 0 atom stereocenters. The van der Waals surface area contributed by atoms with Crippen LogP contribution in [0.4, 0.5) is 14.5 Å². The molecular formula is C40H41F2N3O5S. The summed E-state index contributed by atoms with van der Waals surface area (Å²) in [5.74, 6) is -2.53. The van der Waals surface area contributed by atoms with Gasteiger partial charge in [-0.15, -0.1) is 11.3 Å². The van der Waals surface area contributed by atoms with E-state index in [1.807, 2.05) is 63.4 Å². The number of thiophene rings is 1. The number of carbonyl (C=O) groups is 2. The molecule has 1 aliphatic rings. The van der Waals surface area contributed by atoms with Gasteiger partial charge in [0.2, 0.25) is 11.3 Å². The number of hydrogen-bond acceptors (Lipinski definition) is 7. The van der Waals surface area contributed by atoms with Gasteiger partial charge in [-0.2, -0.15) is 0 Å². The lowest BCUT2D eigenvalue weighted by molar-refractivity contribution is -0.118. The zero-order valence-corrected chi connectivity index (χ0v) is 29.9. The zero-order valence-electron chi connectivity index (χ0n) is 29.1. The number of aromatic nitrogens is 1. The molecule has 3 aromatic carbocycles. The lowest BCUT2D eigenvalue weighted by Gasteiger charge is -2.23. The van der Waals surface area contributed by atoms with E-state index in [0.29, 0.717) is 60.6 Å². The van der Waals surface area contributed by atoms with E-state index in [1.165, 1.54) is 29.5 Å². The Bertz CT molecular complexity index is 2090. The predicted octanol–water partition coefficient (Wildman–Crippen LogP) is 7.93. The van der Waals surface area contributed by atoms with E-state index in [0.717, 1.165) is 16.0 Å². The van der Waals surface area contributed by atoms with E-state index < -0.39 is 29.1 Å². The molecule has 11 heteroatoms. The van der Waals surface area contributed by atoms with Gasteiger partial charge in [0.1, 0.15) is 28.1 Å². The number of ether oxygens (including phenoxy) is 2. The molecule has 0 spiro atoms. The highest BCUT2D eigenvalue weighted by molar-refractivity contribution is 7.22. The Balaban J connectivity index is 1.55. The van der Waals surface area contributed by atoms with Crippen molar-refractivity contribution in [1.29, 1.82) is 0 Å². The number of benzene rings is 3. The summed E-state index contributed by atoms with van der Waals surface area (Å²) in [6.07, 6.45) is 0.600. The van der Waals surface area contributed by atoms with E-state index in [9.17, 15) is 14.4 Å². The summed E-state index contributed by atoms with van der Waals surface area (Å²) in [4.78, 5) is 44.3. The average molecular weight is 714 g/mol. The highest BCUT2D eigenvalue weighted by Gasteiger charge is 2.30. The summed E-state index contributed by atoms with van der Waals surface area (Å²) in [7, 11) is 1.95. The van der Waals surface area contributed by atoms with Crippen LogP contribution in [0.1, 0.15) is 59.4 Å². The van der Waals surface area contributed by atoms with Gasteiger partial charge in [-0.3, -0.25) is 14.5 Å². The van der Waals surface area contributed by atoms with Gasteiger partial charge in [-0.1, -0.05) is 62.4 Å². The molecule has 51 heavy (non-hydrogen) atoms. The van der Waals surface area contributed by atoms with Gasteiger partial charge in [-0.05, 0) is 54.9 Å². The van der Waals surface area contributed by atoms with Crippen molar-refractivity contribution in [2.45, 2.75) is 59.4 Å². The van der Waals surface area contributed by atoms with Gasteiger partial charge < -0.3 is 19.4 Å². The molecule has 0 radical (unpaired) electrons. The Morgan fingerprint density at radius 2 is 1.63 bits per heavy atom. The van der Waals surface area contributed by atoms with Crippen LogP contribution in [-0.2, 0) is 33.9 Å². The van der Waals surface area contributed by atoms with Crippen LogP contribution in [-0.4, -0.2) is 47.7 Å². The first-order valence-corrected chi connectivity index (χ1v) is 17.9. The van der Waals surface area contributed by atoms with Gasteiger partial charge in [0.05, 0.1) is 25.1 Å². The number of hydrogen-bond donors (Lipinski definition) is 1. The Morgan fingerprint density at radius 1 is 0.961 bits per heavy atom. The third-order valence-corrected chi connectivity index (χ3v) is 10.4. The average Bonchev–Trinajstić information content (AvgIpc) is 3.47. The molecule has 2 aromatic heterocycles. The number of halogens is 2. The van der Waals surface area contributed by atoms with Crippen LogP contribution in [0.15, 0.2) is 77.6 Å². The van der Waals surface area contributed by atoms with Crippen molar-refractivity contribution in [2.75, 3.05) is 25.6 Å². The lowest BCUT2D eigenvalue weighted by Crippen LogP contribution is -2.30. The van der Waals surface area contributed by atoms with Crippen LogP contribution >= 0.6 is 11.3 Å². The summed E-state index contributed by atoms with van der Waals surface area (Å²) < 4.78 is 43.3. The van der Waals surface area contributed by atoms with Crippen LogP contribution in [0.2, 0.25) is 0 Å². The minimum atomic E-state index is -0.768. The Labute approximate surface area is 299 Å². The van der Waals surface area contributed by atoms with Crippen molar-refractivity contribution in [1.82, 2.24) is 9.47 Å². The third kappa shape index (κ3) is 7.96. The highest BCUT2D eigenvalue weighted by Crippen LogP contribution is 2.40. The molecule has 0 aliphatic carbocycles. The molecule has 1 N–H and O–H groups in total. The summed E-state index contributed by atoms with van der Waals surface area (Å²) >= 11 is 1.33. The third-order valence-electron chi connectivity index (χ3n) is 9.14. The molecule has 0 bridgehead atoms. The number of carbonyl (C=O) groups excluding carboxylic acids is 2. The minimum Gasteiger partial charge on any atom is -0.458 e. The van der Waals surface area contributed by atoms with Crippen molar-refractivity contribution in [3.05, 3.63) is 123 Å². The normalized spacial score (nSPS) is 13.6. The van der Waals surface area contributed by atoms with Crippen molar-refractivity contribution in [3.63, 3.8) is 0 Å². The topological polar surface area (TPSA) is 89.9 Å². The maximum absolute atomic E-state index is 15.2. The van der Waals surface area contributed by atoms with Crippen molar-refractivity contribution in [2.24, 2.45) is 5.92 Å². The molecule has 1 amide bonds.